The van der Waals surface area contributed by atoms with Gasteiger partial charge >= 0.3 is 5.97 Å². The molecule has 11 heteroatoms. The quantitative estimate of drug-likeness (QED) is 0.260. The van der Waals surface area contributed by atoms with Crippen LogP contribution in [0.1, 0.15) is 22.8 Å². The number of amides is 1. The molecule has 174 valence electrons. The first-order chi connectivity index (χ1) is 16.3. The third-order valence-electron chi connectivity index (χ3n) is 4.61. The van der Waals surface area contributed by atoms with E-state index in [1.54, 1.807) is 19.1 Å². The number of nitro groups is 1. The molecule has 0 unspecified atom stereocenters. The molecule has 3 rings (SSSR count). The van der Waals surface area contributed by atoms with Gasteiger partial charge in [0, 0.05) is 18.2 Å². The Labute approximate surface area is 199 Å². The molecular formula is C23H19N3O7S. The number of ether oxygens (including phenoxy) is 2. The van der Waals surface area contributed by atoms with Crippen LogP contribution >= 0.6 is 11.8 Å². The number of amidine groups is 1. The van der Waals surface area contributed by atoms with E-state index in [0.29, 0.717) is 17.4 Å². The number of nitrogens with zero attached hydrogens (tertiary/aromatic N) is 3. The van der Waals surface area contributed by atoms with Gasteiger partial charge in [-0.25, -0.2) is 9.79 Å². The number of benzene rings is 2. The van der Waals surface area contributed by atoms with Crippen molar-refractivity contribution in [3.8, 4) is 23.8 Å². The second kappa shape index (κ2) is 10.5. The van der Waals surface area contributed by atoms with Gasteiger partial charge in [0.15, 0.2) is 16.7 Å². The maximum Gasteiger partial charge on any atom is 0.335 e. The monoisotopic (exact) mass is 481 g/mol. The summed E-state index contributed by atoms with van der Waals surface area (Å²) in [6.07, 6.45) is 6.73. The van der Waals surface area contributed by atoms with Crippen LogP contribution in [0, 0.1) is 22.5 Å². The van der Waals surface area contributed by atoms with Gasteiger partial charge in [-0.05, 0) is 43.0 Å². The Morgan fingerprint density at radius 3 is 2.76 bits per heavy atom. The normalized spacial score (nSPS) is 15.4. The number of carbonyl (C=O) groups excluding carboxylic acids is 1. The molecule has 10 nitrogen and oxygen atoms in total. The van der Waals surface area contributed by atoms with Gasteiger partial charge in [0.2, 0.25) is 0 Å². The van der Waals surface area contributed by atoms with Crippen LogP contribution in [0.3, 0.4) is 0 Å². The summed E-state index contributed by atoms with van der Waals surface area (Å²) in [5.41, 5.74) is 0.417. The third-order valence-corrected chi connectivity index (χ3v) is 5.61. The van der Waals surface area contributed by atoms with Gasteiger partial charge in [-0.2, -0.15) is 0 Å². The number of carbonyl (C=O) groups is 2. The van der Waals surface area contributed by atoms with Crippen LogP contribution in [-0.2, 0) is 4.79 Å². The summed E-state index contributed by atoms with van der Waals surface area (Å²) in [6, 6.07) is 8.48. The minimum Gasteiger partial charge on any atom is -0.493 e. The van der Waals surface area contributed by atoms with E-state index in [4.69, 9.17) is 15.9 Å². The first-order valence-corrected chi connectivity index (χ1v) is 10.7. The maximum absolute atomic E-state index is 13.0. The molecule has 2 aromatic rings. The van der Waals surface area contributed by atoms with Gasteiger partial charge in [-0.1, -0.05) is 12.0 Å². The number of nitro benzene ring substituents is 1. The Morgan fingerprint density at radius 1 is 1.38 bits per heavy atom. The van der Waals surface area contributed by atoms with Crippen molar-refractivity contribution < 1.29 is 29.1 Å². The molecule has 1 heterocycles. The molecule has 0 radical (unpaired) electrons. The van der Waals surface area contributed by atoms with E-state index in [2.05, 4.69) is 10.9 Å². The summed E-state index contributed by atoms with van der Waals surface area (Å²) in [5.74, 6) is 1.12. The number of terminal acetylenes is 1. The fraction of sp³-hybridized carbons (Fsp3) is 0.174. The topological polar surface area (TPSA) is 132 Å². The number of hydrogen-bond acceptors (Lipinski definition) is 8. The molecule has 1 fully saturated rings. The number of aromatic carboxylic acids is 1. The lowest BCUT2D eigenvalue weighted by atomic mass is 10.1. The highest BCUT2D eigenvalue weighted by Crippen LogP contribution is 2.40. The van der Waals surface area contributed by atoms with Crippen molar-refractivity contribution in [1.29, 1.82) is 0 Å². The minimum absolute atomic E-state index is 0.0639. The van der Waals surface area contributed by atoms with E-state index >= 15 is 0 Å². The zero-order valence-electron chi connectivity index (χ0n) is 18.2. The van der Waals surface area contributed by atoms with Crippen molar-refractivity contribution in [1.82, 2.24) is 4.90 Å². The Bertz CT molecular complexity index is 1260. The van der Waals surface area contributed by atoms with Gasteiger partial charge in [0.25, 0.3) is 11.6 Å². The molecule has 1 amide bonds. The van der Waals surface area contributed by atoms with Crippen molar-refractivity contribution >= 4 is 46.3 Å². The molecule has 0 spiro atoms. The van der Waals surface area contributed by atoms with Crippen LogP contribution in [0.25, 0.3) is 6.08 Å². The van der Waals surface area contributed by atoms with E-state index < -0.39 is 10.9 Å². The first kappa shape index (κ1) is 24.3. The number of carboxylic acids is 1. The van der Waals surface area contributed by atoms with Crippen LogP contribution in [-0.4, -0.2) is 52.2 Å². The third kappa shape index (κ3) is 5.19. The molecule has 0 saturated carbocycles. The number of thioether (sulfide) groups is 1. The van der Waals surface area contributed by atoms with Crippen molar-refractivity contribution in [3.63, 3.8) is 0 Å². The van der Waals surface area contributed by atoms with E-state index in [1.807, 2.05) is 0 Å². The van der Waals surface area contributed by atoms with Crippen LogP contribution < -0.4 is 9.47 Å². The molecule has 0 atom stereocenters. The van der Waals surface area contributed by atoms with E-state index in [-0.39, 0.29) is 45.7 Å². The summed E-state index contributed by atoms with van der Waals surface area (Å²) >= 11 is 1.05. The van der Waals surface area contributed by atoms with Gasteiger partial charge in [-0.15, -0.1) is 6.42 Å². The second-order valence-electron chi connectivity index (χ2n) is 6.73. The molecule has 0 aliphatic carbocycles. The number of likely N-dealkylation sites (N-methyl/N-ethyl adjacent to an activating group) is 1. The van der Waals surface area contributed by atoms with E-state index in [1.165, 1.54) is 42.4 Å². The van der Waals surface area contributed by atoms with Crippen LogP contribution in [0.5, 0.6) is 11.5 Å². The Kier molecular flexibility index (Phi) is 7.55. The molecule has 1 N–H and O–H groups in total. The number of methoxy groups -OCH3 is 1. The molecule has 34 heavy (non-hydrogen) atoms. The summed E-state index contributed by atoms with van der Waals surface area (Å²) in [7, 11) is 1.34. The van der Waals surface area contributed by atoms with Crippen molar-refractivity contribution in [2.45, 2.75) is 6.92 Å². The largest absolute Gasteiger partial charge is 0.493 e. The van der Waals surface area contributed by atoms with E-state index in [9.17, 15) is 24.8 Å². The van der Waals surface area contributed by atoms with Gasteiger partial charge in [-0.3, -0.25) is 19.8 Å². The minimum atomic E-state index is -1.09. The fourth-order valence-electron chi connectivity index (χ4n) is 3.07. The SMILES string of the molecule is C#CCOc1c(/C=C2/SC(=Nc3cccc(C(=O)O)c3)N(CC)C2=O)cc([N+](=O)[O-])cc1OC. The second-order valence-corrected chi connectivity index (χ2v) is 7.74. The summed E-state index contributed by atoms with van der Waals surface area (Å²) in [6.45, 7) is 1.96. The molecule has 1 aliphatic heterocycles. The lowest BCUT2D eigenvalue weighted by Gasteiger charge is -2.13. The van der Waals surface area contributed by atoms with Crippen molar-refractivity contribution in [3.05, 3.63) is 62.5 Å². The van der Waals surface area contributed by atoms with Gasteiger partial charge in [0.1, 0.15) is 6.61 Å². The van der Waals surface area contributed by atoms with Crippen LogP contribution in [0.4, 0.5) is 11.4 Å². The molecular weight excluding hydrogens is 462 g/mol. The Balaban J connectivity index is 2.08. The number of aliphatic imine (C=N–C) groups is 1. The summed E-state index contributed by atoms with van der Waals surface area (Å²) in [5, 5.41) is 20.9. The highest BCUT2D eigenvalue weighted by atomic mass is 32.2. The molecule has 0 bridgehead atoms. The molecule has 1 saturated heterocycles. The van der Waals surface area contributed by atoms with Crippen molar-refractivity contribution in [2.75, 3.05) is 20.3 Å². The average Bonchev–Trinajstić information content (AvgIpc) is 3.11. The lowest BCUT2D eigenvalue weighted by Crippen LogP contribution is -2.28. The smallest absolute Gasteiger partial charge is 0.335 e. The molecule has 0 aromatic heterocycles. The fourth-order valence-corrected chi connectivity index (χ4v) is 4.12. The zero-order valence-corrected chi connectivity index (χ0v) is 19.0. The number of hydrogen-bond donors (Lipinski definition) is 1. The number of carboxylic acid groups (broad SMARTS) is 1. The van der Waals surface area contributed by atoms with Crippen molar-refractivity contribution in [2.24, 2.45) is 4.99 Å². The Morgan fingerprint density at radius 2 is 2.15 bits per heavy atom. The first-order valence-electron chi connectivity index (χ1n) is 9.85. The van der Waals surface area contributed by atoms with Gasteiger partial charge < -0.3 is 14.6 Å². The molecule has 1 aliphatic rings. The summed E-state index contributed by atoms with van der Waals surface area (Å²) < 4.78 is 10.8. The average molecular weight is 481 g/mol. The number of non-ortho nitro benzene ring substituents is 1. The lowest BCUT2D eigenvalue weighted by molar-refractivity contribution is -0.385. The highest BCUT2D eigenvalue weighted by Gasteiger charge is 2.33. The predicted octanol–water partition coefficient (Wildman–Crippen LogP) is 3.94. The van der Waals surface area contributed by atoms with E-state index in [0.717, 1.165) is 11.8 Å². The maximum atomic E-state index is 13.0. The molecule has 2 aromatic carbocycles. The Hall–Kier alpha value is -4.30. The number of rotatable bonds is 8. The van der Waals surface area contributed by atoms with Crippen LogP contribution in [0.15, 0.2) is 46.3 Å². The van der Waals surface area contributed by atoms with Crippen LogP contribution in [0.2, 0.25) is 0 Å². The standard InChI is InChI=1S/C23H19N3O7S/c1-4-9-33-20-15(11-17(26(30)31)13-18(20)32-3)12-19-21(27)25(5-2)23(34-19)24-16-8-6-7-14(10-16)22(28)29/h1,6-8,10-13H,5,9H2,2-3H3,(H,28,29)/b19-12+,24-23?. The summed E-state index contributed by atoms with van der Waals surface area (Å²) in [4.78, 5) is 41.2. The highest BCUT2D eigenvalue weighted by molar-refractivity contribution is 8.18. The van der Waals surface area contributed by atoms with Gasteiger partial charge in [0.05, 0.1) is 34.3 Å². The predicted molar refractivity (Wildman–Crippen MR) is 127 cm³/mol. The zero-order chi connectivity index (χ0) is 24.8.